The van der Waals surface area contributed by atoms with Crippen molar-refractivity contribution in [1.82, 2.24) is 36.4 Å². The lowest BCUT2D eigenvalue weighted by molar-refractivity contribution is -0.384. The molecule has 7 rings (SSSR count). The molecule has 0 bridgehead atoms. The van der Waals surface area contributed by atoms with Crippen molar-refractivity contribution in [2.45, 2.75) is 144 Å². The van der Waals surface area contributed by atoms with Gasteiger partial charge in [-0.25, -0.2) is 31.9 Å². The largest absolute Gasteiger partial charge is 0.465 e. The number of nitro groups is 1. The van der Waals surface area contributed by atoms with Gasteiger partial charge in [-0.3, -0.25) is 38.9 Å². The molecule has 7 N–H and O–H groups in total. The molecule has 23 nitrogen and oxygen atoms in total. The van der Waals surface area contributed by atoms with Crippen LogP contribution in [0.25, 0.3) is 0 Å². The second-order valence-corrected chi connectivity index (χ2v) is 26.5. The van der Waals surface area contributed by atoms with Gasteiger partial charge in [0.15, 0.2) is 0 Å². The van der Waals surface area contributed by atoms with E-state index in [4.69, 9.17) is 10.5 Å². The lowest BCUT2D eigenvalue weighted by Gasteiger charge is -2.37. The molecule has 10 atom stereocenters. The molecule has 0 spiro atoms. The van der Waals surface area contributed by atoms with E-state index in [1.807, 2.05) is 48.5 Å². The molecule has 4 aliphatic rings. The van der Waals surface area contributed by atoms with Gasteiger partial charge in [-0.1, -0.05) is 93.5 Å². The number of esters is 2. The number of nitrogens with two attached hydrogens (primary N) is 1. The Kier molecular flexibility index (Phi) is 24.3. The summed E-state index contributed by atoms with van der Waals surface area (Å²) in [6.45, 7) is 19.2. The zero-order valence-electron chi connectivity index (χ0n) is 53.1. The molecular weight excluding hydrogens is 1220 g/mol. The first-order chi connectivity index (χ1) is 41.9. The zero-order chi connectivity index (χ0) is 67.1. The third kappa shape index (κ3) is 18.2. The number of halogens is 5. The number of hydrogen-bond acceptors (Lipinski definition) is 15. The number of carbonyl (C=O) groups excluding carboxylic acids is 9. The Balaban J connectivity index is 0.000000339. The zero-order valence-corrected chi connectivity index (χ0v) is 53.9. The van der Waals surface area contributed by atoms with E-state index in [0.29, 0.717) is 30.5 Å². The summed E-state index contributed by atoms with van der Waals surface area (Å²) in [7, 11) is 2.55. The number of non-ortho nitro benzene ring substituents is 1. The molecule has 2 saturated heterocycles. The number of alkyl halides is 4. The van der Waals surface area contributed by atoms with E-state index in [1.54, 1.807) is 69.3 Å². The summed E-state index contributed by atoms with van der Waals surface area (Å²) in [5, 5.41) is 23.7. The van der Waals surface area contributed by atoms with Crippen molar-refractivity contribution in [3.05, 3.63) is 105 Å². The van der Waals surface area contributed by atoms with Crippen molar-refractivity contribution in [3.63, 3.8) is 0 Å². The third-order valence-corrected chi connectivity index (χ3v) is 17.6. The van der Waals surface area contributed by atoms with E-state index in [0.717, 1.165) is 23.3 Å². The Hall–Kier alpha value is -7.94. The van der Waals surface area contributed by atoms with Gasteiger partial charge in [0.05, 0.1) is 36.3 Å². The number of hydrogen-bond donors (Lipinski definition) is 6. The summed E-state index contributed by atoms with van der Waals surface area (Å²) in [6, 6.07) is 10.8. The fourth-order valence-electron chi connectivity index (χ4n) is 12.0. The van der Waals surface area contributed by atoms with Gasteiger partial charge in [-0.15, -0.1) is 12.4 Å². The Bertz CT molecular complexity index is 3140. The lowest BCUT2D eigenvalue weighted by Crippen LogP contribution is -2.61. The average molecular weight is 1300 g/mol. The van der Waals surface area contributed by atoms with Crippen molar-refractivity contribution < 1.29 is 79.8 Å². The summed E-state index contributed by atoms with van der Waals surface area (Å²) in [5.74, 6) is -5.32. The van der Waals surface area contributed by atoms with Gasteiger partial charge < -0.3 is 56.3 Å². The average Bonchev–Trinajstić information content (AvgIpc) is 1.54. The quantitative estimate of drug-likeness (QED) is 0.0258. The Morgan fingerprint density at radius 2 is 1.00 bits per heavy atom. The first-order valence-electron chi connectivity index (χ1n) is 29.6. The first-order valence-corrected chi connectivity index (χ1v) is 29.6. The fourth-order valence-corrected chi connectivity index (χ4v) is 12.0. The van der Waals surface area contributed by atoms with E-state index in [1.165, 1.54) is 36.2 Å². The number of nitrogens with zero attached hydrogens (tertiary/aromatic N) is 3. The second kappa shape index (κ2) is 30.0. The first kappa shape index (κ1) is 73.8. The molecule has 4 fully saturated rings. The monoisotopic (exact) mass is 1300 g/mol. The smallest absolute Gasteiger partial charge is 0.413 e. The number of carbonyl (C=O) groups is 9. The summed E-state index contributed by atoms with van der Waals surface area (Å²) >= 11 is 0. The number of methoxy groups -OCH3 is 2. The minimum atomic E-state index is -2.92. The predicted molar refractivity (Wildman–Crippen MR) is 327 cm³/mol. The minimum absolute atomic E-state index is 0. The van der Waals surface area contributed by atoms with E-state index >= 15 is 0 Å². The summed E-state index contributed by atoms with van der Waals surface area (Å²) in [5.41, 5.74) is 6.36. The van der Waals surface area contributed by atoms with Crippen LogP contribution in [0.5, 0.6) is 5.75 Å². The summed E-state index contributed by atoms with van der Waals surface area (Å²) in [6.07, 6.45) is -7.86. The summed E-state index contributed by atoms with van der Waals surface area (Å²) in [4.78, 5) is 130. The Labute approximate surface area is 532 Å². The van der Waals surface area contributed by atoms with Crippen LogP contribution in [0.3, 0.4) is 0 Å². The molecule has 500 valence electrons. The second-order valence-electron chi connectivity index (χ2n) is 26.5. The molecular formula is C63H84ClF4N9O14. The van der Waals surface area contributed by atoms with E-state index in [-0.39, 0.29) is 83.9 Å². The highest BCUT2D eigenvalue weighted by Crippen LogP contribution is 2.66. The Morgan fingerprint density at radius 3 is 1.34 bits per heavy atom. The Morgan fingerprint density at radius 1 is 0.615 bits per heavy atom. The van der Waals surface area contributed by atoms with Gasteiger partial charge >= 0.3 is 18.0 Å². The van der Waals surface area contributed by atoms with Gasteiger partial charge in [-0.2, -0.15) is 0 Å². The van der Waals surface area contributed by atoms with Crippen LogP contribution in [0.15, 0.2) is 72.8 Å². The number of nitrogens with one attached hydrogen (secondary N) is 5. The van der Waals surface area contributed by atoms with Crippen molar-refractivity contribution in [2.75, 3.05) is 40.4 Å². The molecule has 3 aromatic rings. The van der Waals surface area contributed by atoms with Crippen LogP contribution in [0.2, 0.25) is 0 Å². The SMILES string of the molecule is COC(=O)c1ccc(CCNC(=O)[C@H](CC(F)F)NC(=O)[C@@H]2C3C(CN2C(=O)[C@@H](N)C(C)(C)C)C3(C)C)cc1.COC(=O)c1ccc(CCNC(=O)[C@H](CC(F)F)NC(=O)[C@@H]2C3C(CN2C(=O)[C@@H](NC(=O)Oc2ccc([N+](=O)[O-])cc2)C(C)(C)C)C3(C)C)cc1.Cl. The number of fused-ring (bicyclic) bond motifs is 2. The molecule has 28 heteroatoms. The number of likely N-dealkylation sites (tertiary alicyclic amines) is 2. The molecule has 2 saturated carbocycles. The maximum atomic E-state index is 14.1. The molecule has 2 aliphatic carbocycles. The molecule has 0 aromatic heterocycles. The molecule has 0 radical (unpaired) electrons. The van der Waals surface area contributed by atoms with Crippen LogP contribution >= 0.6 is 12.4 Å². The van der Waals surface area contributed by atoms with Crippen LogP contribution in [-0.2, 0) is 51.1 Å². The molecule has 91 heavy (non-hydrogen) atoms. The molecule has 7 amide bonds. The highest BCUT2D eigenvalue weighted by atomic mass is 35.5. The van der Waals surface area contributed by atoms with Crippen LogP contribution in [0, 0.1) is 55.4 Å². The van der Waals surface area contributed by atoms with Gasteiger partial charge in [0.1, 0.15) is 36.0 Å². The van der Waals surface area contributed by atoms with Crippen molar-refractivity contribution in [2.24, 2.45) is 51.1 Å². The number of benzene rings is 3. The maximum absolute atomic E-state index is 14.1. The molecule has 2 aliphatic heterocycles. The third-order valence-electron chi connectivity index (χ3n) is 17.6. The molecule has 4 unspecified atom stereocenters. The van der Waals surface area contributed by atoms with Crippen LogP contribution < -0.4 is 37.1 Å². The summed E-state index contributed by atoms with van der Waals surface area (Å²) < 4.78 is 68.7. The highest BCUT2D eigenvalue weighted by Gasteiger charge is 2.71. The highest BCUT2D eigenvalue weighted by molar-refractivity contribution is 5.97. The van der Waals surface area contributed by atoms with Crippen LogP contribution in [0.4, 0.5) is 28.0 Å². The van der Waals surface area contributed by atoms with Gasteiger partial charge in [-0.05, 0) is 106 Å². The number of rotatable bonds is 23. The van der Waals surface area contributed by atoms with Crippen LogP contribution in [-0.4, -0.2) is 158 Å². The topological polar surface area (TPSA) is 317 Å². The van der Waals surface area contributed by atoms with Crippen LogP contribution in [0.1, 0.15) is 114 Å². The van der Waals surface area contributed by atoms with E-state index < -0.39 is 125 Å². The molecule has 3 aromatic carbocycles. The molecule has 2 heterocycles. The normalized spacial score (nSPS) is 21.1. The van der Waals surface area contributed by atoms with Gasteiger partial charge in [0, 0.05) is 51.2 Å². The fraction of sp³-hybridized carbons (Fsp3) is 0.571. The van der Waals surface area contributed by atoms with Gasteiger partial charge in [0.25, 0.3) is 5.69 Å². The van der Waals surface area contributed by atoms with E-state index in [2.05, 4.69) is 36.1 Å². The van der Waals surface area contributed by atoms with Crippen molar-refractivity contribution in [1.29, 1.82) is 0 Å². The van der Waals surface area contributed by atoms with Crippen molar-refractivity contribution >= 4 is 71.6 Å². The number of piperidine rings is 2. The lowest BCUT2D eigenvalue weighted by atomic mass is 9.85. The maximum Gasteiger partial charge on any atom is 0.413 e. The van der Waals surface area contributed by atoms with E-state index in [9.17, 15) is 70.8 Å². The van der Waals surface area contributed by atoms with Gasteiger partial charge in [0.2, 0.25) is 48.3 Å². The minimum Gasteiger partial charge on any atom is -0.465 e. The van der Waals surface area contributed by atoms with Crippen molar-refractivity contribution in [3.8, 4) is 5.75 Å². The standard InChI is InChI=1S/C35H43F2N5O9.C28H40F2N4O5.ClH/c1-34(2,3)28(40-33(47)51-22-13-11-21(12-14-22)42(48)49)31(45)41-18-23-26(35(23,4)5)27(41)30(44)39-24(17-25(36)37)29(43)38-16-15-19-7-9-20(10-8-19)32(46)50-6;1-27(2,3)22(31)25(37)34-14-17-20(28(17,4)5)21(34)24(36)33-18(13-19(29)30)23(35)32-12-11-15-7-9-16(10-8-15)26(38)39-6;/h7-14,23-28H,15-18H2,1-6H3,(H,38,43)(H,39,44)(H,40,47);7-10,17-22H,11-14,31H2,1-6H3,(H,32,35)(H,33,36);1H/t23?,24-,26?,27-,28+;17?,18-,20?,21-,22+;/m00./s1. The number of ether oxygens (including phenoxy) is 3. The number of amides is 7. The number of nitro benzene ring substituents is 1. The predicted octanol–water partition coefficient (Wildman–Crippen LogP) is 6.42.